The molecule has 0 aliphatic carbocycles. The Morgan fingerprint density at radius 3 is 1.73 bits per heavy atom. The molecular weight excluding hydrogens is 689 g/mol. The van der Waals surface area contributed by atoms with Gasteiger partial charge in [-0.15, -0.1) is 11.3 Å². The molecule has 0 saturated heterocycles. The Balaban J connectivity index is 1.24. The Hall–Kier alpha value is -7.08. The molecule has 0 amide bonds. The summed E-state index contributed by atoms with van der Waals surface area (Å²) in [6.07, 6.45) is 0. The highest BCUT2D eigenvalue weighted by Crippen LogP contribution is 2.48. The summed E-state index contributed by atoms with van der Waals surface area (Å²) in [5.74, 6) is 0.657. The second-order valence-corrected chi connectivity index (χ2v) is 15.3. The van der Waals surface area contributed by atoms with Gasteiger partial charge in [-0.2, -0.15) is 0 Å². The molecule has 0 unspecified atom stereocenters. The van der Waals surface area contributed by atoms with Gasteiger partial charge in [0.05, 0.1) is 33.5 Å². The molecule has 4 nitrogen and oxygen atoms in total. The maximum atomic E-state index is 5.38. The molecule has 0 aliphatic heterocycles. The van der Waals surface area contributed by atoms with Crippen LogP contribution >= 0.6 is 11.3 Å². The fourth-order valence-corrected chi connectivity index (χ4v) is 9.82. The van der Waals surface area contributed by atoms with Crippen molar-refractivity contribution in [1.29, 1.82) is 0 Å². The summed E-state index contributed by atoms with van der Waals surface area (Å²) in [6.45, 7) is 0. The summed E-state index contributed by atoms with van der Waals surface area (Å²) in [5.41, 5.74) is 9.64. The molecule has 0 radical (unpaired) electrons. The quantitative estimate of drug-likeness (QED) is 0.182. The van der Waals surface area contributed by atoms with E-state index in [1.54, 1.807) is 0 Å². The van der Waals surface area contributed by atoms with Crippen LogP contribution in [0.4, 0.5) is 0 Å². The van der Waals surface area contributed by atoms with Gasteiger partial charge in [-0.25, -0.2) is 9.97 Å². The predicted molar refractivity (Wildman–Crippen MR) is 232 cm³/mol. The van der Waals surface area contributed by atoms with Crippen molar-refractivity contribution in [3.8, 4) is 34.2 Å². The van der Waals surface area contributed by atoms with Crippen LogP contribution in [0.2, 0.25) is 0 Å². The van der Waals surface area contributed by atoms with Crippen LogP contribution in [0, 0.1) is 0 Å². The smallest absolute Gasteiger partial charge is 0.235 e. The molecule has 4 heterocycles. The summed E-state index contributed by atoms with van der Waals surface area (Å²) in [6, 6.07) is 65.2. The minimum atomic E-state index is 0.657. The van der Waals surface area contributed by atoms with Gasteiger partial charge in [0, 0.05) is 58.5 Å². The highest BCUT2D eigenvalue weighted by atomic mass is 32.1. The molecule has 5 heteroatoms. The Bertz CT molecular complexity index is 3430. The number of hydrogen-bond acceptors (Lipinski definition) is 3. The van der Waals surface area contributed by atoms with E-state index in [0.717, 1.165) is 39.2 Å². The molecule has 0 saturated carbocycles. The first-order valence-electron chi connectivity index (χ1n) is 18.6. The monoisotopic (exact) mass is 718 g/mol. The molecule has 4 aromatic heterocycles. The SMILES string of the molecule is c1ccc(-c2cc(-c3ccccc3)nc(-n3c4ccccc4c4ccc5sc6ccc7c(c8ccccc8n7-c7ccc8ccccc8c7)c6c5c43)n2)cc1. The van der Waals surface area contributed by atoms with E-state index in [-0.39, 0.29) is 0 Å². The molecule has 0 bridgehead atoms. The number of nitrogens with zero attached hydrogens (tertiary/aromatic N) is 4. The van der Waals surface area contributed by atoms with Gasteiger partial charge >= 0.3 is 0 Å². The van der Waals surface area contributed by atoms with Gasteiger partial charge in [0.15, 0.2) is 0 Å². The van der Waals surface area contributed by atoms with E-state index < -0.39 is 0 Å². The summed E-state index contributed by atoms with van der Waals surface area (Å²) >= 11 is 1.86. The van der Waals surface area contributed by atoms with Gasteiger partial charge in [-0.1, -0.05) is 133 Å². The van der Waals surface area contributed by atoms with Gasteiger partial charge in [0.2, 0.25) is 5.95 Å². The predicted octanol–water partition coefficient (Wildman–Crippen LogP) is 13.5. The molecule has 8 aromatic carbocycles. The number of para-hydroxylation sites is 2. The van der Waals surface area contributed by atoms with Crippen molar-refractivity contribution >= 4 is 85.9 Å². The van der Waals surface area contributed by atoms with E-state index in [4.69, 9.17) is 9.97 Å². The molecule has 0 fully saturated rings. The third kappa shape index (κ3) is 4.51. The van der Waals surface area contributed by atoms with Gasteiger partial charge in [0.1, 0.15) is 0 Å². The zero-order valence-corrected chi connectivity index (χ0v) is 30.3. The van der Waals surface area contributed by atoms with Crippen LogP contribution in [-0.4, -0.2) is 19.1 Å². The molecule has 12 rings (SSSR count). The lowest BCUT2D eigenvalue weighted by Gasteiger charge is -2.12. The van der Waals surface area contributed by atoms with Crippen molar-refractivity contribution in [3.63, 3.8) is 0 Å². The first-order valence-corrected chi connectivity index (χ1v) is 19.4. The van der Waals surface area contributed by atoms with E-state index in [1.807, 2.05) is 23.5 Å². The first-order chi connectivity index (χ1) is 27.3. The van der Waals surface area contributed by atoms with Crippen molar-refractivity contribution in [2.75, 3.05) is 0 Å². The van der Waals surface area contributed by atoms with Crippen LogP contribution in [0.1, 0.15) is 0 Å². The average molecular weight is 719 g/mol. The lowest BCUT2D eigenvalue weighted by Crippen LogP contribution is -2.04. The lowest BCUT2D eigenvalue weighted by atomic mass is 10.0. The molecule has 256 valence electrons. The van der Waals surface area contributed by atoms with Crippen LogP contribution in [0.25, 0.3) is 109 Å². The van der Waals surface area contributed by atoms with E-state index in [2.05, 4.69) is 179 Å². The number of thiophene rings is 1. The van der Waals surface area contributed by atoms with Crippen molar-refractivity contribution in [1.82, 2.24) is 19.1 Å². The van der Waals surface area contributed by atoms with Gasteiger partial charge in [-0.05, 0) is 59.3 Å². The van der Waals surface area contributed by atoms with Crippen LogP contribution in [-0.2, 0) is 0 Å². The second kappa shape index (κ2) is 11.7. The average Bonchev–Trinajstić information content (AvgIpc) is 3.91. The first kappa shape index (κ1) is 30.4. The minimum Gasteiger partial charge on any atom is -0.309 e. The largest absolute Gasteiger partial charge is 0.309 e. The summed E-state index contributed by atoms with van der Waals surface area (Å²) in [7, 11) is 0. The fraction of sp³-hybridized carbons (Fsp3) is 0. The van der Waals surface area contributed by atoms with Crippen LogP contribution in [0.15, 0.2) is 182 Å². The number of fused-ring (bicyclic) bond motifs is 12. The number of hydrogen-bond donors (Lipinski definition) is 0. The molecule has 12 aromatic rings. The highest BCUT2D eigenvalue weighted by Gasteiger charge is 2.24. The summed E-state index contributed by atoms with van der Waals surface area (Å²) in [5, 5.41) is 9.84. The van der Waals surface area contributed by atoms with Crippen molar-refractivity contribution in [3.05, 3.63) is 182 Å². The zero-order chi connectivity index (χ0) is 36.0. The number of benzene rings is 8. The number of rotatable bonds is 4. The Morgan fingerprint density at radius 2 is 0.982 bits per heavy atom. The molecule has 0 aliphatic rings. The normalized spacial score (nSPS) is 12.0. The lowest BCUT2D eigenvalue weighted by molar-refractivity contribution is 0.998. The van der Waals surface area contributed by atoms with Gasteiger partial charge < -0.3 is 4.57 Å². The molecule has 0 spiro atoms. The number of aromatic nitrogens is 4. The van der Waals surface area contributed by atoms with Gasteiger partial charge in [0.25, 0.3) is 0 Å². The third-order valence-corrected chi connectivity index (χ3v) is 12.2. The summed E-state index contributed by atoms with van der Waals surface area (Å²) in [4.78, 5) is 10.8. The van der Waals surface area contributed by atoms with Crippen LogP contribution in [0.3, 0.4) is 0 Å². The van der Waals surface area contributed by atoms with Crippen molar-refractivity contribution < 1.29 is 0 Å². The topological polar surface area (TPSA) is 35.6 Å². The second-order valence-electron chi connectivity index (χ2n) is 14.2. The van der Waals surface area contributed by atoms with Crippen LogP contribution in [0.5, 0.6) is 0 Å². The maximum Gasteiger partial charge on any atom is 0.235 e. The Morgan fingerprint density at radius 1 is 0.382 bits per heavy atom. The van der Waals surface area contributed by atoms with E-state index >= 15 is 0 Å². The fourth-order valence-electron chi connectivity index (χ4n) is 8.71. The highest BCUT2D eigenvalue weighted by molar-refractivity contribution is 7.26. The minimum absolute atomic E-state index is 0.657. The molecular formula is C50H30N4S. The van der Waals surface area contributed by atoms with Crippen molar-refractivity contribution in [2.45, 2.75) is 0 Å². The zero-order valence-electron chi connectivity index (χ0n) is 29.5. The van der Waals surface area contributed by atoms with E-state index in [0.29, 0.717) is 5.95 Å². The molecule has 55 heavy (non-hydrogen) atoms. The van der Waals surface area contributed by atoms with E-state index in [1.165, 1.54) is 63.5 Å². The Labute approximate surface area is 319 Å². The Kier molecular flexibility index (Phi) is 6.47. The maximum absolute atomic E-state index is 5.38. The standard InChI is InChI=1S/C50H30N4S/c1-3-14-32(15-4-1)39-30-40(33-16-5-2-6-17-33)52-50(51-39)54-41-21-11-9-19-36(41)37-25-27-45-48(49(37)54)47-44(55-45)28-26-43-46(47)38-20-10-12-22-42(38)53(43)35-24-23-31-13-7-8-18-34(31)29-35/h1-30H. The van der Waals surface area contributed by atoms with Gasteiger partial charge in [-0.3, -0.25) is 4.57 Å². The van der Waals surface area contributed by atoms with Crippen LogP contribution < -0.4 is 0 Å². The summed E-state index contributed by atoms with van der Waals surface area (Å²) < 4.78 is 7.26. The van der Waals surface area contributed by atoms with E-state index in [9.17, 15) is 0 Å². The van der Waals surface area contributed by atoms with Crippen molar-refractivity contribution in [2.24, 2.45) is 0 Å². The molecule has 0 atom stereocenters. The molecule has 0 N–H and O–H groups in total. The third-order valence-electron chi connectivity index (χ3n) is 11.1.